The third kappa shape index (κ3) is 6.43. The molecular weight excluding hydrogens is 316 g/mol. The second-order valence-electron chi connectivity index (χ2n) is 7.12. The highest BCUT2D eigenvalue weighted by molar-refractivity contribution is 6.28. The fourth-order valence-corrected chi connectivity index (χ4v) is 3.11. The largest absolute Gasteiger partial charge is 0.448 e. The number of furan rings is 1. The van der Waals surface area contributed by atoms with Crippen LogP contribution in [0.15, 0.2) is 16.5 Å². The Kier molecular flexibility index (Phi) is 6.36. The molecule has 1 aliphatic rings. The lowest BCUT2D eigenvalue weighted by Gasteiger charge is -2.26. The molecule has 1 atom stereocenters. The van der Waals surface area contributed by atoms with E-state index in [-0.39, 0.29) is 12.1 Å². The molecule has 6 heteroatoms. The Morgan fingerprint density at radius 3 is 2.65 bits per heavy atom. The average Bonchev–Trinajstić information content (AvgIpc) is 3.08. The van der Waals surface area contributed by atoms with Crippen molar-refractivity contribution in [2.45, 2.75) is 64.6 Å². The fourth-order valence-electron chi connectivity index (χ4n) is 2.95. The first-order chi connectivity index (χ1) is 10.8. The van der Waals surface area contributed by atoms with Gasteiger partial charge in [0.15, 0.2) is 5.22 Å². The van der Waals surface area contributed by atoms with Gasteiger partial charge in [0.05, 0.1) is 6.54 Å². The van der Waals surface area contributed by atoms with Crippen molar-refractivity contribution in [3.8, 4) is 0 Å². The van der Waals surface area contributed by atoms with Gasteiger partial charge in [0, 0.05) is 12.6 Å². The van der Waals surface area contributed by atoms with E-state index in [4.69, 9.17) is 20.8 Å². The molecule has 1 unspecified atom stereocenters. The summed E-state index contributed by atoms with van der Waals surface area (Å²) in [5, 5.41) is 6.76. The third-order valence-corrected chi connectivity index (χ3v) is 4.20. The molecule has 1 aromatic rings. The van der Waals surface area contributed by atoms with Crippen LogP contribution >= 0.6 is 11.6 Å². The molecule has 0 aliphatic heterocycles. The topological polar surface area (TPSA) is 63.5 Å². The summed E-state index contributed by atoms with van der Waals surface area (Å²) in [6.45, 7) is 6.73. The second-order valence-corrected chi connectivity index (χ2v) is 7.49. The Morgan fingerprint density at radius 2 is 2.09 bits per heavy atom. The number of rotatable bonds is 6. The number of carbonyl (C=O) groups is 1. The predicted octanol–water partition coefficient (Wildman–Crippen LogP) is 4.11. The summed E-state index contributed by atoms with van der Waals surface area (Å²) in [6, 6.07) is 3.80. The van der Waals surface area contributed by atoms with Crippen molar-refractivity contribution >= 4 is 17.7 Å². The minimum atomic E-state index is -0.481. The smallest absolute Gasteiger partial charge is 0.407 e. The van der Waals surface area contributed by atoms with Crippen LogP contribution in [0.3, 0.4) is 0 Å². The van der Waals surface area contributed by atoms with Crippen molar-refractivity contribution in [1.82, 2.24) is 10.6 Å². The number of alkyl carbamates (subject to hydrolysis) is 1. The quantitative estimate of drug-likeness (QED) is 0.816. The van der Waals surface area contributed by atoms with Crippen molar-refractivity contribution in [3.63, 3.8) is 0 Å². The van der Waals surface area contributed by atoms with Crippen LogP contribution in [0.5, 0.6) is 0 Å². The molecule has 0 saturated heterocycles. The molecule has 1 fully saturated rings. The molecule has 2 N–H and O–H groups in total. The monoisotopic (exact) mass is 342 g/mol. The van der Waals surface area contributed by atoms with Crippen LogP contribution in [-0.2, 0) is 11.3 Å². The van der Waals surface area contributed by atoms with Crippen LogP contribution in [0.2, 0.25) is 5.22 Å². The third-order valence-electron chi connectivity index (χ3n) is 4.00. The molecular formula is C17H27ClN2O3. The minimum Gasteiger partial charge on any atom is -0.448 e. The van der Waals surface area contributed by atoms with Gasteiger partial charge in [-0.3, -0.25) is 0 Å². The first kappa shape index (κ1) is 18.1. The van der Waals surface area contributed by atoms with Gasteiger partial charge in [-0.1, -0.05) is 12.8 Å². The lowest BCUT2D eigenvalue weighted by molar-refractivity contribution is 0.0518. The Morgan fingerprint density at radius 1 is 1.39 bits per heavy atom. The zero-order chi connectivity index (χ0) is 16.9. The summed E-state index contributed by atoms with van der Waals surface area (Å²) >= 11 is 5.80. The first-order valence-corrected chi connectivity index (χ1v) is 8.66. The van der Waals surface area contributed by atoms with E-state index in [1.54, 1.807) is 6.07 Å². The standard InChI is InChI=1S/C17H27ClN2O3/c1-17(2,3)23-16(21)20-11-14(12-6-4-5-7-12)19-10-13-8-9-15(18)22-13/h8-9,12,14,19H,4-7,10-11H2,1-3H3,(H,20,21). The summed E-state index contributed by atoms with van der Waals surface area (Å²) in [5.41, 5.74) is -0.481. The number of hydrogen-bond donors (Lipinski definition) is 2. The van der Waals surface area contributed by atoms with Crippen LogP contribution < -0.4 is 10.6 Å². The number of ether oxygens (including phenoxy) is 1. The number of carbonyl (C=O) groups excluding carboxylic acids is 1. The van der Waals surface area contributed by atoms with E-state index in [0.717, 1.165) is 5.76 Å². The van der Waals surface area contributed by atoms with Crippen LogP contribution in [-0.4, -0.2) is 24.3 Å². The lowest BCUT2D eigenvalue weighted by atomic mass is 9.98. The Balaban J connectivity index is 1.85. The maximum Gasteiger partial charge on any atom is 0.407 e. The van der Waals surface area contributed by atoms with Gasteiger partial charge in [-0.15, -0.1) is 0 Å². The summed E-state index contributed by atoms with van der Waals surface area (Å²) < 4.78 is 10.7. The van der Waals surface area contributed by atoms with E-state index >= 15 is 0 Å². The summed E-state index contributed by atoms with van der Waals surface area (Å²) in [6.07, 6.45) is 4.51. The van der Waals surface area contributed by atoms with Gasteiger partial charge in [-0.25, -0.2) is 4.79 Å². The highest BCUT2D eigenvalue weighted by atomic mass is 35.5. The zero-order valence-corrected chi connectivity index (χ0v) is 14.9. The molecule has 0 bridgehead atoms. The summed E-state index contributed by atoms with van der Waals surface area (Å²) in [4.78, 5) is 11.9. The lowest BCUT2D eigenvalue weighted by Crippen LogP contribution is -2.45. The van der Waals surface area contributed by atoms with Crippen molar-refractivity contribution in [1.29, 1.82) is 0 Å². The number of amides is 1. The molecule has 2 rings (SSSR count). The normalized spacial score (nSPS) is 17.2. The molecule has 0 spiro atoms. The van der Waals surface area contributed by atoms with Gasteiger partial charge in [0.2, 0.25) is 0 Å². The molecule has 1 aliphatic carbocycles. The molecule has 5 nitrogen and oxygen atoms in total. The summed E-state index contributed by atoms with van der Waals surface area (Å²) in [5.74, 6) is 1.37. The van der Waals surface area contributed by atoms with Gasteiger partial charge >= 0.3 is 6.09 Å². The van der Waals surface area contributed by atoms with Gasteiger partial charge < -0.3 is 19.8 Å². The Hall–Kier alpha value is -1.20. The SMILES string of the molecule is CC(C)(C)OC(=O)NCC(NCc1ccc(Cl)o1)C1CCCC1. The van der Waals surface area contributed by atoms with Gasteiger partial charge in [-0.2, -0.15) is 0 Å². The highest BCUT2D eigenvalue weighted by Crippen LogP contribution is 2.28. The van der Waals surface area contributed by atoms with Crippen molar-refractivity contribution < 1.29 is 13.9 Å². The second kappa shape index (κ2) is 8.06. The first-order valence-electron chi connectivity index (χ1n) is 8.28. The van der Waals surface area contributed by atoms with E-state index in [1.165, 1.54) is 25.7 Å². The van der Waals surface area contributed by atoms with E-state index in [0.29, 0.717) is 24.2 Å². The molecule has 1 heterocycles. The van der Waals surface area contributed by atoms with Crippen LogP contribution in [0.1, 0.15) is 52.2 Å². The van der Waals surface area contributed by atoms with E-state index in [9.17, 15) is 4.79 Å². The van der Waals surface area contributed by atoms with Crippen molar-refractivity contribution in [2.75, 3.05) is 6.54 Å². The number of nitrogens with one attached hydrogen (secondary N) is 2. The summed E-state index contributed by atoms with van der Waals surface area (Å²) in [7, 11) is 0. The molecule has 1 saturated carbocycles. The fraction of sp³-hybridized carbons (Fsp3) is 0.706. The minimum absolute atomic E-state index is 0.203. The van der Waals surface area contributed by atoms with E-state index in [1.807, 2.05) is 26.8 Å². The van der Waals surface area contributed by atoms with Gasteiger partial charge in [0.25, 0.3) is 0 Å². The van der Waals surface area contributed by atoms with Crippen molar-refractivity contribution in [3.05, 3.63) is 23.1 Å². The number of hydrogen-bond acceptors (Lipinski definition) is 4. The van der Waals surface area contributed by atoms with Crippen LogP contribution in [0.25, 0.3) is 0 Å². The van der Waals surface area contributed by atoms with Gasteiger partial charge in [0.1, 0.15) is 11.4 Å². The highest BCUT2D eigenvalue weighted by Gasteiger charge is 2.26. The van der Waals surface area contributed by atoms with Crippen LogP contribution in [0.4, 0.5) is 4.79 Å². The molecule has 130 valence electrons. The predicted molar refractivity (Wildman–Crippen MR) is 90.5 cm³/mol. The molecule has 23 heavy (non-hydrogen) atoms. The average molecular weight is 343 g/mol. The van der Waals surface area contributed by atoms with E-state index in [2.05, 4.69) is 10.6 Å². The Bertz CT molecular complexity index is 504. The maximum absolute atomic E-state index is 11.9. The molecule has 0 aromatic carbocycles. The molecule has 1 amide bonds. The van der Waals surface area contributed by atoms with Crippen molar-refractivity contribution in [2.24, 2.45) is 5.92 Å². The molecule has 0 radical (unpaired) electrons. The van der Waals surface area contributed by atoms with Crippen LogP contribution in [0, 0.1) is 5.92 Å². The maximum atomic E-state index is 11.9. The molecule has 1 aromatic heterocycles. The van der Waals surface area contributed by atoms with E-state index < -0.39 is 5.60 Å². The Labute approximate surface area is 143 Å². The number of halogens is 1. The zero-order valence-electron chi connectivity index (χ0n) is 14.2. The van der Waals surface area contributed by atoms with Gasteiger partial charge in [-0.05, 0) is 63.3 Å².